The van der Waals surface area contributed by atoms with Gasteiger partial charge in [0.1, 0.15) is 17.8 Å². The van der Waals surface area contributed by atoms with E-state index in [2.05, 4.69) is 25.9 Å². The van der Waals surface area contributed by atoms with Crippen LogP contribution in [-0.4, -0.2) is 40.8 Å². The number of nitrogens with one attached hydrogen (secondary N) is 1. The number of H-pyrrole nitrogens is 1. The van der Waals surface area contributed by atoms with E-state index >= 15 is 0 Å². The zero-order valence-electron chi connectivity index (χ0n) is 11.6. The summed E-state index contributed by atoms with van der Waals surface area (Å²) in [5.74, 6) is 1.80. The van der Waals surface area contributed by atoms with Gasteiger partial charge in [-0.15, -0.1) is 0 Å². The second-order valence-electron chi connectivity index (χ2n) is 5.81. The molecule has 2 saturated heterocycles. The normalized spacial score (nSPS) is 24.6. The van der Waals surface area contributed by atoms with Crippen LogP contribution in [0.2, 0.25) is 0 Å². The lowest BCUT2D eigenvalue weighted by atomic mass is 9.90. The minimum absolute atomic E-state index is 0.509. The number of ether oxygens (including phenoxy) is 1. The van der Waals surface area contributed by atoms with Crippen molar-refractivity contribution in [1.29, 1.82) is 0 Å². The molecule has 0 aliphatic carbocycles. The van der Waals surface area contributed by atoms with Gasteiger partial charge < -0.3 is 14.6 Å². The molecule has 1 N–H and O–H groups in total. The Morgan fingerprint density at radius 2 is 2.10 bits per heavy atom. The van der Waals surface area contributed by atoms with E-state index in [1.54, 1.807) is 6.33 Å². The fraction of sp³-hybridized carbons (Fsp3) is 0.600. The third kappa shape index (κ3) is 2.06. The second kappa shape index (κ2) is 5.05. The van der Waals surface area contributed by atoms with Crippen LogP contribution in [0.25, 0.3) is 11.0 Å². The van der Waals surface area contributed by atoms with Crippen molar-refractivity contribution in [1.82, 2.24) is 15.0 Å². The fourth-order valence-corrected chi connectivity index (χ4v) is 3.57. The molecule has 4 heterocycles. The first-order chi connectivity index (χ1) is 9.92. The van der Waals surface area contributed by atoms with Gasteiger partial charge in [0.25, 0.3) is 0 Å². The van der Waals surface area contributed by atoms with E-state index in [1.165, 1.54) is 25.7 Å². The molecule has 2 fully saturated rings. The molecule has 5 nitrogen and oxygen atoms in total. The van der Waals surface area contributed by atoms with Crippen molar-refractivity contribution < 1.29 is 4.74 Å². The zero-order valence-corrected chi connectivity index (χ0v) is 11.6. The van der Waals surface area contributed by atoms with Gasteiger partial charge in [-0.05, 0) is 37.7 Å². The van der Waals surface area contributed by atoms with Gasteiger partial charge in [-0.2, -0.15) is 0 Å². The minimum Gasteiger partial charge on any atom is -0.378 e. The molecule has 0 radical (unpaired) electrons. The van der Waals surface area contributed by atoms with Crippen molar-refractivity contribution in [3.8, 4) is 0 Å². The molecule has 1 unspecified atom stereocenters. The molecule has 2 aromatic heterocycles. The van der Waals surface area contributed by atoms with E-state index in [0.717, 1.165) is 42.5 Å². The molecule has 2 aliphatic rings. The second-order valence-corrected chi connectivity index (χ2v) is 5.81. The highest BCUT2D eigenvalue weighted by molar-refractivity contribution is 5.87. The van der Waals surface area contributed by atoms with Crippen LogP contribution in [-0.2, 0) is 4.74 Å². The van der Waals surface area contributed by atoms with Gasteiger partial charge in [0.15, 0.2) is 0 Å². The molecule has 2 aliphatic heterocycles. The Morgan fingerprint density at radius 3 is 2.90 bits per heavy atom. The molecule has 2 aromatic rings. The number of nitrogens with zero attached hydrogens (tertiary/aromatic N) is 3. The van der Waals surface area contributed by atoms with Crippen LogP contribution in [0.1, 0.15) is 25.7 Å². The van der Waals surface area contributed by atoms with Crippen LogP contribution in [0.5, 0.6) is 0 Å². The molecule has 1 atom stereocenters. The highest BCUT2D eigenvalue weighted by atomic mass is 16.5. The standard InChI is InChI=1S/C15H20N4O/c1-2-13(20-9-1)11-4-7-19(8-5-11)15-12-3-6-16-14(12)17-10-18-15/h3,6,10-11,13H,1-2,4-5,7-9H2,(H,16,17,18). The van der Waals surface area contributed by atoms with Gasteiger partial charge >= 0.3 is 0 Å². The van der Waals surface area contributed by atoms with E-state index in [0.29, 0.717) is 6.10 Å². The van der Waals surface area contributed by atoms with Crippen molar-refractivity contribution in [3.05, 3.63) is 18.6 Å². The molecule has 0 aromatic carbocycles. The number of hydrogen-bond acceptors (Lipinski definition) is 4. The summed E-state index contributed by atoms with van der Waals surface area (Å²) < 4.78 is 5.84. The van der Waals surface area contributed by atoms with Crippen LogP contribution in [0, 0.1) is 5.92 Å². The third-order valence-corrected chi connectivity index (χ3v) is 4.66. The number of anilines is 1. The maximum absolute atomic E-state index is 5.84. The highest BCUT2D eigenvalue weighted by Gasteiger charge is 2.30. The molecule has 0 spiro atoms. The molecule has 106 valence electrons. The van der Waals surface area contributed by atoms with Crippen LogP contribution in [0.3, 0.4) is 0 Å². The molecular weight excluding hydrogens is 252 g/mol. The minimum atomic E-state index is 0.509. The summed E-state index contributed by atoms with van der Waals surface area (Å²) in [6, 6.07) is 2.07. The predicted octanol–water partition coefficient (Wildman–Crippen LogP) is 2.35. The number of aromatic amines is 1. The fourth-order valence-electron chi connectivity index (χ4n) is 3.57. The first-order valence-corrected chi connectivity index (χ1v) is 7.56. The number of fused-ring (bicyclic) bond motifs is 1. The Morgan fingerprint density at radius 1 is 1.20 bits per heavy atom. The maximum atomic E-state index is 5.84. The lowest BCUT2D eigenvalue weighted by Crippen LogP contribution is -2.38. The van der Waals surface area contributed by atoms with E-state index < -0.39 is 0 Å². The Labute approximate surface area is 118 Å². The largest absolute Gasteiger partial charge is 0.378 e. The van der Waals surface area contributed by atoms with Crippen LogP contribution in [0.4, 0.5) is 5.82 Å². The van der Waals surface area contributed by atoms with Gasteiger partial charge in [0.05, 0.1) is 11.5 Å². The number of hydrogen-bond donors (Lipinski definition) is 1. The average molecular weight is 272 g/mol. The first kappa shape index (κ1) is 12.1. The quantitative estimate of drug-likeness (QED) is 0.911. The van der Waals surface area contributed by atoms with Crippen molar-refractivity contribution in [2.45, 2.75) is 31.8 Å². The molecule has 0 saturated carbocycles. The Bertz CT molecular complexity index is 582. The Balaban J connectivity index is 1.50. The zero-order chi connectivity index (χ0) is 13.4. The van der Waals surface area contributed by atoms with Gasteiger partial charge in [0, 0.05) is 25.9 Å². The lowest BCUT2D eigenvalue weighted by molar-refractivity contribution is 0.0531. The van der Waals surface area contributed by atoms with Gasteiger partial charge in [-0.1, -0.05) is 0 Å². The Kier molecular flexibility index (Phi) is 3.07. The summed E-state index contributed by atoms with van der Waals surface area (Å²) in [6.07, 6.45) is 9.00. The average Bonchev–Trinajstić information content (AvgIpc) is 3.18. The molecule has 0 bridgehead atoms. The highest BCUT2D eigenvalue weighted by Crippen LogP contribution is 2.31. The third-order valence-electron chi connectivity index (χ3n) is 4.66. The molecule has 4 rings (SSSR count). The molecule has 0 amide bonds. The van der Waals surface area contributed by atoms with Crippen molar-refractivity contribution >= 4 is 16.9 Å². The van der Waals surface area contributed by atoms with E-state index in [1.807, 2.05) is 6.20 Å². The van der Waals surface area contributed by atoms with E-state index in [9.17, 15) is 0 Å². The van der Waals surface area contributed by atoms with Crippen molar-refractivity contribution in [2.24, 2.45) is 5.92 Å². The number of rotatable bonds is 2. The summed E-state index contributed by atoms with van der Waals surface area (Å²) in [5.41, 5.74) is 0.927. The number of piperidine rings is 1. The SMILES string of the molecule is c1nc(N2CCC(C3CCCO3)CC2)c2cc[nH]c2n1. The van der Waals surface area contributed by atoms with Gasteiger partial charge in [-0.25, -0.2) is 9.97 Å². The maximum Gasteiger partial charge on any atom is 0.142 e. The van der Waals surface area contributed by atoms with E-state index in [-0.39, 0.29) is 0 Å². The summed E-state index contributed by atoms with van der Waals surface area (Å²) >= 11 is 0. The van der Waals surface area contributed by atoms with Crippen molar-refractivity contribution in [3.63, 3.8) is 0 Å². The van der Waals surface area contributed by atoms with Crippen LogP contribution >= 0.6 is 0 Å². The molecular formula is C15H20N4O. The lowest BCUT2D eigenvalue weighted by Gasteiger charge is -2.35. The summed E-state index contributed by atoms with van der Waals surface area (Å²) in [5, 5.41) is 1.13. The smallest absolute Gasteiger partial charge is 0.142 e. The summed E-state index contributed by atoms with van der Waals surface area (Å²) in [4.78, 5) is 14.3. The van der Waals surface area contributed by atoms with E-state index in [4.69, 9.17) is 4.74 Å². The van der Waals surface area contributed by atoms with Gasteiger partial charge in [-0.3, -0.25) is 0 Å². The molecule has 5 heteroatoms. The van der Waals surface area contributed by atoms with Gasteiger partial charge in [0.2, 0.25) is 0 Å². The predicted molar refractivity (Wildman–Crippen MR) is 77.8 cm³/mol. The summed E-state index contributed by atoms with van der Waals surface area (Å²) in [6.45, 7) is 3.10. The van der Waals surface area contributed by atoms with Crippen LogP contribution in [0.15, 0.2) is 18.6 Å². The Hall–Kier alpha value is -1.62. The summed E-state index contributed by atoms with van der Waals surface area (Å²) in [7, 11) is 0. The topological polar surface area (TPSA) is 54.0 Å². The van der Waals surface area contributed by atoms with Crippen LogP contribution < -0.4 is 4.90 Å². The number of aromatic nitrogens is 3. The van der Waals surface area contributed by atoms with Crippen molar-refractivity contribution in [2.75, 3.05) is 24.6 Å². The monoisotopic (exact) mass is 272 g/mol. The first-order valence-electron chi connectivity index (χ1n) is 7.56. The molecule has 20 heavy (non-hydrogen) atoms.